The summed E-state index contributed by atoms with van der Waals surface area (Å²) in [6, 6.07) is 0. The monoisotopic (exact) mass is 163 g/mol. The first-order chi connectivity index (χ1) is 5.13. The van der Waals surface area contributed by atoms with Crippen LogP contribution in [-0.2, 0) is 0 Å². The molecule has 59 valence electrons. The van der Waals surface area contributed by atoms with Gasteiger partial charge >= 0.3 is 0 Å². The molecule has 0 aliphatic carbocycles. The van der Waals surface area contributed by atoms with Gasteiger partial charge in [0.25, 0.3) is 0 Å². The highest BCUT2D eigenvalue weighted by atomic mass is 27.1. The second-order valence-corrected chi connectivity index (χ2v) is 5.07. The van der Waals surface area contributed by atoms with Gasteiger partial charge in [-0.3, -0.25) is 0 Å². The summed E-state index contributed by atoms with van der Waals surface area (Å²) in [5.74, 6) is 1.86. The summed E-state index contributed by atoms with van der Waals surface area (Å²) in [7, 11) is 8.00. The van der Waals surface area contributed by atoms with Gasteiger partial charge in [-0.25, -0.2) is 0 Å². The minimum absolute atomic E-state index is 0.755. The van der Waals surface area contributed by atoms with Crippen LogP contribution in [0.2, 0.25) is 10.6 Å². The van der Waals surface area contributed by atoms with Crippen LogP contribution < -0.4 is 0 Å². The first-order valence-corrected chi connectivity index (χ1v) is 5.91. The van der Waals surface area contributed by atoms with Gasteiger partial charge in [-0.15, -0.1) is 10.6 Å². The van der Waals surface area contributed by atoms with Crippen LogP contribution in [0.3, 0.4) is 0 Å². The summed E-state index contributed by atoms with van der Waals surface area (Å²) < 4.78 is 0. The molecule has 0 spiro atoms. The summed E-state index contributed by atoms with van der Waals surface area (Å²) >= 11 is 0.755. The van der Waals surface area contributed by atoms with Crippen LogP contribution in [0.5, 0.6) is 0 Å². The summed E-state index contributed by atoms with van der Waals surface area (Å²) in [5, 5.41) is 2.97. The molecular formula is C8H18AlB2. The summed E-state index contributed by atoms with van der Waals surface area (Å²) in [4.78, 5) is 0. The van der Waals surface area contributed by atoms with Crippen molar-refractivity contribution in [3.05, 3.63) is 0 Å². The van der Waals surface area contributed by atoms with Gasteiger partial charge < -0.3 is 0 Å². The molecule has 0 amide bonds. The Balaban J connectivity index is 0. The zero-order valence-corrected chi connectivity index (χ0v) is 9.46. The molecular weight excluding hydrogens is 145 g/mol. The molecule has 3 heteroatoms. The van der Waals surface area contributed by atoms with E-state index in [4.69, 9.17) is 0 Å². The van der Waals surface area contributed by atoms with Gasteiger partial charge in [-0.2, -0.15) is 0 Å². The van der Waals surface area contributed by atoms with Crippen molar-refractivity contribution in [2.45, 2.75) is 38.3 Å². The molecule has 0 bridgehead atoms. The maximum Gasteiger partial charge on any atom is 0.200 e. The Labute approximate surface area is 81.0 Å². The topological polar surface area (TPSA) is 0 Å². The molecule has 0 aromatic heterocycles. The Kier molecular flexibility index (Phi) is 13.8. The van der Waals surface area contributed by atoms with Crippen LogP contribution in [0, 0.1) is 11.8 Å². The fourth-order valence-corrected chi connectivity index (χ4v) is 2.29. The number of rotatable bonds is 4. The molecule has 0 aliphatic heterocycles. The van der Waals surface area contributed by atoms with E-state index in [1.54, 1.807) is 0 Å². The van der Waals surface area contributed by atoms with Crippen LogP contribution in [0.1, 0.15) is 27.7 Å². The Morgan fingerprint density at radius 3 is 1.36 bits per heavy atom. The second kappa shape index (κ2) is 10.7. The van der Waals surface area contributed by atoms with Crippen molar-refractivity contribution in [3.8, 4) is 0 Å². The van der Waals surface area contributed by atoms with Crippen molar-refractivity contribution < 1.29 is 0 Å². The van der Waals surface area contributed by atoms with E-state index in [0.717, 1.165) is 27.1 Å². The standard InChI is InChI=1S/2C4H9.Al.B2/c2*1-4(2)3;;1-2/h2*4H,1H2,2-3H3;;. The van der Waals surface area contributed by atoms with E-state index in [-0.39, 0.29) is 0 Å². The van der Waals surface area contributed by atoms with Crippen LogP contribution in [0.25, 0.3) is 0 Å². The second-order valence-electron chi connectivity index (χ2n) is 3.55. The first kappa shape index (κ1) is 14.2. The van der Waals surface area contributed by atoms with E-state index in [2.05, 4.69) is 43.2 Å². The lowest BCUT2D eigenvalue weighted by molar-refractivity contribution is 0.700. The molecule has 0 N–H and O–H groups in total. The largest absolute Gasteiger partial charge is 0.200 e. The molecule has 5 radical (unpaired) electrons. The zero-order valence-electron chi connectivity index (χ0n) is 8.30. The molecule has 0 aliphatic rings. The van der Waals surface area contributed by atoms with Gasteiger partial charge in [0.1, 0.15) is 0 Å². The average Bonchev–Trinajstić information content (AvgIpc) is 1.90. The highest BCUT2D eigenvalue weighted by molar-refractivity contribution is 6.75. The molecule has 0 rings (SSSR count). The molecule has 11 heavy (non-hydrogen) atoms. The van der Waals surface area contributed by atoms with Crippen LogP contribution in [0.4, 0.5) is 0 Å². The van der Waals surface area contributed by atoms with Crippen LogP contribution in [0.15, 0.2) is 0 Å². The quantitative estimate of drug-likeness (QED) is 0.556. The smallest absolute Gasteiger partial charge is 0.102 e. The lowest BCUT2D eigenvalue weighted by Gasteiger charge is -2.03. The summed E-state index contributed by atoms with van der Waals surface area (Å²) in [6.07, 6.45) is 0. The molecule has 0 unspecified atom stereocenters. The highest BCUT2D eigenvalue weighted by Crippen LogP contribution is 2.05. The SMILES string of the molecule is CC(C)[CH2][Al][CH2]C(C)C.[B][B]. The van der Waals surface area contributed by atoms with Crippen molar-refractivity contribution in [3.63, 3.8) is 0 Å². The predicted octanol–water partition coefficient (Wildman–Crippen LogP) is 2.08. The van der Waals surface area contributed by atoms with E-state index in [0.29, 0.717) is 0 Å². The fraction of sp³-hybridized carbons (Fsp3) is 1.00. The molecule has 0 saturated heterocycles. The van der Waals surface area contributed by atoms with E-state index >= 15 is 0 Å². The van der Waals surface area contributed by atoms with Crippen molar-refractivity contribution in [2.24, 2.45) is 11.8 Å². The Morgan fingerprint density at radius 1 is 0.909 bits per heavy atom. The molecule has 0 saturated carbocycles. The number of hydrogen-bond acceptors (Lipinski definition) is 0. The molecule has 0 nitrogen and oxygen atoms in total. The van der Waals surface area contributed by atoms with E-state index in [1.807, 2.05) is 0 Å². The Morgan fingerprint density at radius 2 is 1.18 bits per heavy atom. The minimum Gasteiger partial charge on any atom is -0.102 e. The third-order valence-electron chi connectivity index (χ3n) is 1.28. The molecule has 0 heterocycles. The molecule has 0 aromatic rings. The van der Waals surface area contributed by atoms with Crippen molar-refractivity contribution in [1.29, 1.82) is 0 Å². The van der Waals surface area contributed by atoms with Gasteiger partial charge in [0.05, 0.1) is 0 Å². The molecule has 0 atom stereocenters. The van der Waals surface area contributed by atoms with Crippen LogP contribution >= 0.6 is 0 Å². The zero-order chi connectivity index (χ0) is 9.28. The van der Waals surface area contributed by atoms with Crippen molar-refractivity contribution in [1.82, 2.24) is 0 Å². The minimum atomic E-state index is 0.755. The van der Waals surface area contributed by atoms with Gasteiger partial charge in [0.2, 0.25) is 15.2 Å². The Hall–Kier alpha value is 0.662. The third kappa shape index (κ3) is 18.0. The predicted molar refractivity (Wildman–Crippen MR) is 56.6 cm³/mol. The highest BCUT2D eigenvalue weighted by Gasteiger charge is 1.98. The maximum atomic E-state index is 4.00. The summed E-state index contributed by atoms with van der Waals surface area (Å²) in [5.41, 5.74) is 0. The van der Waals surface area contributed by atoms with Crippen molar-refractivity contribution >= 4 is 30.7 Å². The average molecular weight is 163 g/mol. The van der Waals surface area contributed by atoms with Crippen LogP contribution in [-0.4, -0.2) is 30.7 Å². The van der Waals surface area contributed by atoms with E-state index in [1.165, 1.54) is 10.6 Å². The van der Waals surface area contributed by atoms with Gasteiger partial charge in [-0.05, 0) is 0 Å². The van der Waals surface area contributed by atoms with E-state index in [9.17, 15) is 0 Å². The van der Waals surface area contributed by atoms with Gasteiger partial charge in [0, 0.05) is 15.5 Å². The van der Waals surface area contributed by atoms with Crippen molar-refractivity contribution in [2.75, 3.05) is 0 Å². The van der Waals surface area contributed by atoms with Gasteiger partial charge in [0.15, 0.2) is 0 Å². The third-order valence-corrected chi connectivity index (χ3v) is 3.83. The van der Waals surface area contributed by atoms with E-state index < -0.39 is 0 Å². The Bertz CT molecular complexity index is 57.1. The molecule has 0 fully saturated rings. The first-order valence-electron chi connectivity index (χ1n) is 4.28. The molecule has 0 aromatic carbocycles. The normalized spacial score (nSPS) is 9.27. The number of hydrogen-bond donors (Lipinski definition) is 0. The fourth-order valence-electron chi connectivity index (χ4n) is 0.763. The lowest BCUT2D eigenvalue weighted by atomic mass is 9.81. The lowest BCUT2D eigenvalue weighted by Crippen LogP contribution is -1.99. The van der Waals surface area contributed by atoms with Gasteiger partial charge in [-0.1, -0.05) is 39.5 Å². The maximum absolute atomic E-state index is 4.00. The summed E-state index contributed by atoms with van der Waals surface area (Å²) in [6.45, 7) is 9.25.